The number of carbonyl (C=O) groups excluding carboxylic acids is 1. The summed E-state index contributed by atoms with van der Waals surface area (Å²) in [5.41, 5.74) is 1.25. The molecule has 0 aromatic heterocycles. The van der Waals surface area contributed by atoms with E-state index in [1.165, 1.54) is 18.4 Å². The van der Waals surface area contributed by atoms with Gasteiger partial charge >= 0.3 is 0 Å². The Hall–Kier alpha value is -1.55. The zero-order valence-electron chi connectivity index (χ0n) is 12.9. The van der Waals surface area contributed by atoms with Gasteiger partial charge in [0.05, 0.1) is 13.2 Å². The van der Waals surface area contributed by atoms with E-state index in [1.807, 2.05) is 17.0 Å². The molecule has 4 heteroatoms. The summed E-state index contributed by atoms with van der Waals surface area (Å²) in [6, 6.07) is 8.49. The average molecular weight is 288 g/mol. The predicted molar refractivity (Wildman–Crippen MR) is 82.3 cm³/mol. The number of methoxy groups -OCH3 is 1. The fourth-order valence-corrected chi connectivity index (χ4v) is 2.98. The number of piperazine rings is 1. The van der Waals surface area contributed by atoms with Crippen molar-refractivity contribution < 1.29 is 9.53 Å². The van der Waals surface area contributed by atoms with E-state index >= 15 is 0 Å². The minimum Gasteiger partial charge on any atom is -0.497 e. The fraction of sp³-hybridized carbons (Fsp3) is 0.588. The molecule has 1 aliphatic carbocycles. The van der Waals surface area contributed by atoms with E-state index in [0.717, 1.165) is 31.8 Å². The van der Waals surface area contributed by atoms with Gasteiger partial charge in [0, 0.05) is 26.1 Å². The lowest BCUT2D eigenvalue weighted by Gasteiger charge is -2.40. The van der Waals surface area contributed by atoms with Crippen LogP contribution >= 0.6 is 0 Å². The van der Waals surface area contributed by atoms with Crippen LogP contribution in [0, 0.1) is 5.92 Å². The second-order valence-corrected chi connectivity index (χ2v) is 6.26. The fourth-order valence-electron chi connectivity index (χ4n) is 2.98. The van der Waals surface area contributed by atoms with Crippen LogP contribution in [0.25, 0.3) is 0 Å². The van der Waals surface area contributed by atoms with Crippen LogP contribution in [0.4, 0.5) is 0 Å². The van der Waals surface area contributed by atoms with Crippen LogP contribution in [-0.2, 0) is 4.79 Å². The molecular formula is C17H24N2O2. The molecule has 1 aromatic carbocycles. The number of hydrogen-bond donors (Lipinski definition) is 0. The van der Waals surface area contributed by atoms with E-state index in [0.29, 0.717) is 11.8 Å². The number of hydrogen-bond acceptors (Lipinski definition) is 3. The zero-order valence-corrected chi connectivity index (χ0v) is 12.9. The number of nitrogens with zero attached hydrogens (tertiary/aromatic N) is 2. The summed E-state index contributed by atoms with van der Waals surface area (Å²) >= 11 is 0. The molecule has 3 rings (SSSR count). The summed E-state index contributed by atoms with van der Waals surface area (Å²) in [5, 5.41) is 0. The quantitative estimate of drug-likeness (QED) is 0.852. The van der Waals surface area contributed by atoms with E-state index in [9.17, 15) is 4.79 Å². The Morgan fingerprint density at radius 1 is 1.24 bits per heavy atom. The van der Waals surface area contributed by atoms with Crippen molar-refractivity contribution in [2.45, 2.75) is 25.3 Å². The van der Waals surface area contributed by atoms with Crippen LogP contribution in [0.3, 0.4) is 0 Å². The highest BCUT2D eigenvalue weighted by molar-refractivity contribution is 5.77. The van der Waals surface area contributed by atoms with Crippen molar-refractivity contribution in [2.75, 3.05) is 33.8 Å². The molecular weight excluding hydrogens is 264 g/mol. The smallest absolute Gasteiger partial charge is 0.222 e. The monoisotopic (exact) mass is 288 g/mol. The van der Waals surface area contributed by atoms with Crippen molar-refractivity contribution in [3.05, 3.63) is 29.8 Å². The molecule has 114 valence electrons. The zero-order chi connectivity index (χ0) is 14.8. The number of amides is 1. The maximum absolute atomic E-state index is 12.3. The van der Waals surface area contributed by atoms with Gasteiger partial charge < -0.3 is 9.64 Å². The normalized spacial score (nSPS) is 23.1. The molecule has 1 aliphatic heterocycles. The van der Waals surface area contributed by atoms with Crippen LogP contribution in [0.5, 0.6) is 5.75 Å². The number of benzene rings is 1. The summed E-state index contributed by atoms with van der Waals surface area (Å²) in [7, 11) is 3.82. The van der Waals surface area contributed by atoms with Crippen molar-refractivity contribution in [3.63, 3.8) is 0 Å². The third kappa shape index (κ3) is 3.38. The lowest BCUT2D eigenvalue weighted by Crippen LogP contribution is -2.49. The van der Waals surface area contributed by atoms with Crippen LogP contribution in [0.1, 0.15) is 30.9 Å². The van der Waals surface area contributed by atoms with E-state index in [2.05, 4.69) is 24.1 Å². The Morgan fingerprint density at radius 2 is 1.95 bits per heavy atom. The van der Waals surface area contributed by atoms with Crippen molar-refractivity contribution >= 4 is 5.91 Å². The lowest BCUT2D eigenvalue weighted by molar-refractivity contribution is -0.134. The third-order valence-electron chi connectivity index (χ3n) is 4.66. The highest BCUT2D eigenvalue weighted by atomic mass is 16.5. The number of ether oxygens (including phenoxy) is 1. The Bertz CT molecular complexity index is 496. The average Bonchev–Trinajstić information content (AvgIpc) is 3.32. The minimum atomic E-state index is 0.285. The summed E-state index contributed by atoms with van der Waals surface area (Å²) in [6.07, 6.45) is 3.22. The number of likely N-dealkylation sites (N-methyl/N-ethyl adjacent to an activating group) is 1. The van der Waals surface area contributed by atoms with Gasteiger partial charge in [0.25, 0.3) is 0 Å². The summed E-state index contributed by atoms with van der Waals surface area (Å²) < 4.78 is 5.22. The summed E-state index contributed by atoms with van der Waals surface area (Å²) in [6.45, 7) is 2.59. The molecule has 1 saturated heterocycles. The lowest BCUT2D eigenvalue weighted by atomic mass is 10.0. The van der Waals surface area contributed by atoms with Crippen molar-refractivity contribution in [1.82, 2.24) is 9.80 Å². The van der Waals surface area contributed by atoms with Crippen molar-refractivity contribution in [1.29, 1.82) is 0 Å². The molecule has 0 spiro atoms. The van der Waals surface area contributed by atoms with Gasteiger partial charge in [0.2, 0.25) is 5.91 Å². The number of carbonyl (C=O) groups is 1. The molecule has 0 bridgehead atoms. The minimum absolute atomic E-state index is 0.285. The molecule has 0 unspecified atom stereocenters. The van der Waals surface area contributed by atoms with Crippen LogP contribution < -0.4 is 4.74 Å². The predicted octanol–water partition coefficient (Wildman–Crippen LogP) is 2.31. The van der Waals surface area contributed by atoms with Gasteiger partial charge in [-0.2, -0.15) is 0 Å². The van der Waals surface area contributed by atoms with Gasteiger partial charge in [-0.25, -0.2) is 0 Å². The maximum atomic E-state index is 12.3. The Labute approximate surface area is 126 Å². The highest BCUT2D eigenvalue weighted by Gasteiger charge is 2.31. The molecule has 1 saturated carbocycles. The topological polar surface area (TPSA) is 32.8 Å². The van der Waals surface area contributed by atoms with E-state index < -0.39 is 0 Å². The van der Waals surface area contributed by atoms with E-state index in [1.54, 1.807) is 7.11 Å². The summed E-state index contributed by atoms with van der Waals surface area (Å²) in [4.78, 5) is 16.7. The molecule has 1 atom stereocenters. The van der Waals surface area contributed by atoms with Gasteiger partial charge in [-0.05, 0) is 43.5 Å². The summed E-state index contributed by atoms with van der Waals surface area (Å²) in [5.74, 6) is 1.87. The number of rotatable bonds is 4. The van der Waals surface area contributed by atoms with Gasteiger partial charge in [-0.3, -0.25) is 9.69 Å². The van der Waals surface area contributed by atoms with Crippen LogP contribution in [0.2, 0.25) is 0 Å². The van der Waals surface area contributed by atoms with Gasteiger partial charge in [-0.1, -0.05) is 12.1 Å². The first-order valence-electron chi connectivity index (χ1n) is 7.79. The van der Waals surface area contributed by atoms with Crippen molar-refractivity contribution in [2.24, 2.45) is 5.92 Å². The maximum Gasteiger partial charge on any atom is 0.222 e. The second kappa shape index (κ2) is 6.06. The van der Waals surface area contributed by atoms with Crippen LogP contribution in [-0.4, -0.2) is 49.5 Å². The van der Waals surface area contributed by atoms with Crippen molar-refractivity contribution in [3.8, 4) is 5.75 Å². The van der Waals surface area contributed by atoms with Crippen LogP contribution in [0.15, 0.2) is 24.3 Å². The molecule has 1 heterocycles. The molecule has 0 N–H and O–H groups in total. The molecule has 1 amide bonds. The second-order valence-electron chi connectivity index (χ2n) is 6.26. The first-order chi connectivity index (χ1) is 10.2. The largest absolute Gasteiger partial charge is 0.497 e. The SMILES string of the molecule is COc1ccc([C@H]2CN(C(=O)CC3CC3)CCN2C)cc1. The molecule has 4 nitrogen and oxygen atoms in total. The molecule has 2 aliphatic rings. The van der Waals surface area contributed by atoms with Gasteiger partial charge in [0.15, 0.2) is 0 Å². The van der Waals surface area contributed by atoms with E-state index in [-0.39, 0.29) is 6.04 Å². The highest BCUT2D eigenvalue weighted by Crippen LogP contribution is 2.34. The standard InChI is InChI=1S/C17H24N2O2/c1-18-9-10-19(17(20)11-13-3-4-13)12-16(18)14-5-7-15(21-2)8-6-14/h5-8,13,16H,3-4,9-12H2,1-2H3/t16-/m1/s1. The van der Waals surface area contributed by atoms with Gasteiger partial charge in [0.1, 0.15) is 5.75 Å². The molecule has 21 heavy (non-hydrogen) atoms. The van der Waals surface area contributed by atoms with Gasteiger partial charge in [-0.15, -0.1) is 0 Å². The Balaban J connectivity index is 1.68. The Morgan fingerprint density at radius 3 is 2.57 bits per heavy atom. The Kier molecular flexibility index (Phi) is 4.15. The third-order valence-corrected chi connectivity index (χ3v) is 4.66. The first kappa shape index (κ1) is 14.4. The molecule has 0 radical (unpaired) electrons. The molecule has 1 aromatic rings. The first-order valence-corrected chi connectivity index (χ1v) is 7.79. The molecule has 2 fully saturated rings. The van der Waals surface area contributed by atoms with E-state index in [4.69, 9.17) is 4.74 Å².